The van der Waals surface area contributed by atoms with Crippen molar-refractivity contribution >= 4 is 15.6 Å². The first kappa shape index (κ1) is 13.0. The van der Waals surface area contributed by atoms with Gasteiger partial charge in [-0.25, -0.2) is 8.42 Å². The summed E-state index contributed by atoms with van der Waals surface area (Å²) in [7, 11) is -2.98. The predicted octanol–water partition coefficient (Wildman–Crippen LogP) is 1.99. The normalized spacial score (nSPS) is 11.6. The van der Waals surface area contributed by atoms with Gasteiger partial charge in [-0.2, -0.15) is 0 Å². The van der Waals surface area contributed by atoms with Gasteiger partial charge < -0.3 is 4.42 Å². The van der Waals surface area contributed by atoms with Crippen molar-refractivity contribution in [3.05, 3.63) is 23.7 Å². The van der Waals surface area contributed by atoms with E-state index in [0.717, 1.165) is 5.56 Å². The van der Waals surface area contributed by atoms with E-state index in [9.17, 15) is 13.2 Å². The lowest BCUT2D eigenvalue weighted by Crippen LogP contribution is -2.10. The van der Waals surface area contributed by atoms with Gasteiger partial charge in [-0.05, 0) is 25.0 Å². The molecule has 0 aromatic carbocycles. The van der Waals surface area contributed by atoms with E-state index in [0.29, 0.717) is 12.2 Å². The van der Waals surface area contributed by atoms with E-state index >= 15 is 0 Å². The molecule has 0 fully saturated rings. The second kappa shape index (κ2) is 5.30. The van der Waals surface area contributed by atoms with E-state index in [1.165, 1.54) is 6.26 Å². The maximum Gasteiger partial charge on any atom is 0.198 e. The highest BCUT2D eigenvalue weighted by Crippen LogP contribution is 2.12. The molecule has 90 valence electrons. The van der Waals surface area contributed by atoms with Gasteiger partial charge in [0.05, 0.1) is 12.0 Å². The number of sulfone groups is 1. The number of ketones is 1. The molecule has 0 saturated carbocycles. The van der Waals surface area contributed by atoms with Crippen LogP contribution in [0.15, 0.2) is 16.7 Å². The number of carbonyl (C=O) groups is 1. The molecule has 0 radical (unpaired) electrons. The van der Waals surface area contributed by atoms with Gasteiger partial charge in [0, 0.05) is 12.2 Å². The number of hydrogen-bond acceptors (Lipinski definition) is 4. The number of aryl methyl sites for hydroxylation is 1. The Labute approximate surface area is 95.6 Å². The second-order valence-electron chi connectivity index (χ2n) is 3.70. The van der Waals surface area contributed by atoms with Gasteiger partial charge in [-0.15, -0.1) is 0 Å². The molecule has 0 amide bonds. The summed E-state index contributed by atoms with van der Waals surface area (Å²) in [6, 6.07) is 1.72. The zero-order chi connectivity index (χ0) is 12.2. The second-order valence-corrected chi connectivity index (χ2v) is 6.17. The van der Waals surface area contributed by atoms with Crippen LogP contribution in [0.25, 0.3) is 0 Å². The summed E-state index contributed by atoms with van der Waals surface area (Å²) in [6.07, 6.45) is 2.04. The van der Waals surface area contributed by atoms with Gasteiger partial charge >= 0.3 is 0 Å². The summed E-state index contributed by atoms with van der Waals surface area (Å²) in [6.45, 7) is 3.40. The van der Waals surface area contributed by atoms with Crippen LogP contribution in [0, 0.1) is 6.92 Å². The van der Waals surface area contributed by atoms with Crippen LogP contribution in [0.5, 0.6) is 0 Å². The maximum atomic E-state index is 11.6. The molecular formula is C11H16O4S. The highest BCUT2D eigenvalue weighted by Gasteiger charge is 2.14. The van der Waals surface area contributed by atoms with Gasteiger partial charge in [0.2, 0.25) is 0 Å². The van der Waals surface area contributed by atoms with Gasteiger partial charge in [-0.1, -0.05) is 6.92 Å². The van der Waals surface area contributed by atoms with Crippen molar-refractivity contribution < 1.29 is 17.6 Å². The summed E-state index contributed by atoms with van der Waals surface area (Å²) in [5.74, 6) is 0.401. The first-order valence-corrected chi connectivity index (χ1v) is 7.06. The van der Waals surface area contributed by atoms with E-state index in [4.69, 9.17) is 4.42 Å². The lowest BCUT2D eigenvalue weighted by atomic mass is 10.1. The number of hydrogen-bond donors (Lipinski definition) is 0. The third-order valence-electron chi connectivity index (χ3n) is 2.41. The fraction of sp³-hybridized carbons (Fsp3) is 0.545. The Morgan fingerprint density at radius 3 is 2.62 bits per heavy atom. The third kappa shape index (κ3) is 3.48. The molecule has 0 aliphatic heterocycles. The number of carbonyl (C=O) groups excluding carboxylic acids is 1. The molecule has 0 saturated heterocycles. The van der Waals surface area contributed by atoms with Gasteiger partial charge in [0.25, 0.3) is 0 Å². The molecule has 1 heterocycles. The average molecular weight is 244 g/mol. The minimum Gasteiger partial charge on any atom is -0.461 e. The highest BCUT2D eigenvalue weighted by molar-refractivity contribution is 7.91. The first-order chi connectivity index (χ1) is 7.46. The van der Waals surface area contributed by atoms with Crippen LogP contribution in [0.1, 0.15) is 35.9 Å². The maximum absolute atomic E-state index is 11.6. The Morgan fingerprint density at radius 1 is 1.44 bits per heavy atom. The Balaban J connectivity index is 2.46. The van der Waals surface area contributed by atoms with E-state index in [1.54, 1.807) is 19.9 Å². The number of rotatable bonds is 6. The molecule has 0 atom stereocenters. The lowest BCUT2D eigenvalue weighted by Gasteiger charge is -2.00. The van der Waals surface area contributed by atoms with Gasteiger partial charge in [-0.3, -0.25) is 4.79 Å². The van der Waals surface area contributed by atoms with Crippen LogP contribution in [-0.4, -0.2) is 25.7 Å². The van der Waals surface area contributed by atoms with Crippen molar-refractivity contribution in [3.8, 4) is 0 Å². The van der Waals surface area contributed by atoms with E-state index in [-0.39, 0.29) is 23.7 Å². The summed E-state index contributed by atoms with van der Waals surface area (Å²) in [5.41, 5.74) is 0.795. The fourth-order valence-electron chi connectivity index (χ4n) is 1.37. The highest BCUT2D eigenvalue weighted by atomic mass is 32.2. The zero-order valence-electron chi connectivity index (χ0n) is 9.52. The molecule has 1 rings (SSSR count). The minimum atomic E-state index is -2.98. The van der Waals surface area contributed by atoms with Crippen LogP contribution in [-0.2, 0) is 9.84 Å². The molecule has 0 aliphatic carbocycles. The van der Waals surface area contributed by atoms with Crippen molar-refractivity contribution in [1.82, 2.24) is 0 Å². The topological polar surface area (TPSA) is 64.3 Å². The molecule has 5 heteroatoms. The van der Waals surface area contributed by atoms with Gasteiger partial charge in [0.15, 0.2) is 11.5 Å². The largest absolute Gasteiger partial charge is 0.461 e. The van der Waals surface area contributed by atoms with Crippen molar-refractivity contribution in [2.24, 2.45) is 0 Å². The molecular weight excluding hydrogens is 228 g/mol. The zero-order valence-corrected chi connectivity index (χ0v) is 10.3. The Hall–Kier alpha value is -1.10. The fourth-order valence-corrected chi connectivity index (χ4v) is 2.24. The van der Waals surface area contributed by atoms with Crippen molar-refractivity contribution in [2.75, 3.05) is 11.5 Å². The quantitative estimate of drug-likeness (QED) is 0.718. The predicted molar refractivity (Wildman–Crippen MR) is 61.3 cm³/mol. The molecule has 4 nitrogen and oxygen atoms in total. The van der Waals surface area contributed by atoms with Crippen LogP contribution >= 0.6 is 0 Å². The van der Waals surface area contributed by atoms with Gasteiger partial charge in [0.1, 0.15) is 9.84 Å². The summed E-state index contributed by atoms with van der Waals surface area (Å²) in [4.78, 5) is 11.6. The third-order valence-corrected chi connectivity index (χ3v) is 4.20. The molecule has 1 aromatic heterocycles. The van der Waals surface area contributed by atoms with Crippen LogP contribution in [0.4, 0.5) is 0 Å². The Bertz CT molecular complexity index is 456. The molecule has 16 heavy (non-hydrogen) atoms. The monoisotopic (exact) mass is 244 g/mol. The van der Waals surface area contributed by atoms with Crippen LogP contribution in [0.2, 0.25) is 0 Å². The minimum absolute atomic E-state index is 0.0645. The van der Waals surface area contributed by atoms with Crippen LogP contribution < -0.4 is 0 Å². The Morgan fingerprint density at radius 2 is 2.12 bits per heavy atom. The molecule has 0 aliphatic rings. The Kier molecular flexibility index (Phi) is 4.29. The summed E-state index contributed by atoms with van der Waals surface area (Å²) < 4.78 is 27.4. The van der Waals surface area contributed by atoms with E-state index in [2.05, 4.69) is 0 Å². The molecule has 0 bridgehead atoms. The summed E-state index contributed by atoms with van der Waals surface area (Å²) >= 11 is 0. The lowest BCUT2D eigenvalue weighted by molar-refractivity contribution is 0.0954. The smallest absolute Gasteiger partial charge is 0.198 e. The average Bonchev–Trinajstić information content (AvgIpc) is 2.64. The molecule has 0 unspecified atom stereocenters. The standard InChI is InChI=1S/C11H16O4S/c1-3-16(13,14)8-4-5-10(12)11-9(2)6-7-15-11/h6-7H,3-5,8H2,1-2H3. The molecule has 0 N–H and O–H groups in total. The first-order valence-electron chi connectivity index (χ1n) is 5.24. The van der Waals surface area contributed by atoms with Crippen molar-refractivity contribution in [2.45, 2.75) is 26.7 Å². The summed E-state index contributed by atoms with van der Waals surface area (Å²) in [5, 5.41) is 0. The van der Waals surface area contributed by atoms with Crippen LogP contribution in [0.3, 0.4) is 0 Å². The number of furan rings is 1. The van der Waals surface area contributed by atoms with E-state index < -0.39 is 9.84 Å². The molecule has 1 aromatic rings. The number of Topliss-reactive ketones (excluding diaryl/α,β-unsaturated/α-hetero) is 1. The molecule has 0 spiro atoms. The van der Waals surface area contributed by atoms with Crippen molar-refractivity contribution in [1.29, 1.82) is 0 Å². The van der Waals surface area contributed by atoms with E-state index in [1.807, 2.05) is 0 Å². The van der Waals surface area contributed by atoms with Crippen molar-refractivity contribution in [3.63, 3.8) is 0 Å². The SMILES string of the molecule is CCS(=O)(=O)CCCC(=O)c1occc1C.